The van der Waals surface area contributed by atoms with Crippen molar-refractivity contribution in [1.82, 2.24) is 0 Å². The van der Waals surface area contributed by atoms with E-state index in [1.807, 2.05) is 13.8 Å². The molecule has 0 fully saturated rings. The molecule has 4 heteroatoms. The highest BCUT2D eigenvalue weighted by Gasteiger charge is 2.12. The molecular weight excluding hydrogens is 196 g/mol. The van der Waals surface area contributed by atoms with Crippen molar-refractivity contribution in [2.45, 2.75) is 26.7 Å². The number of hydrogen-bond donors (Lipinski definition) is 2. The number of aryl methyl sites for hydroxylation is 1. The normalized spacial score (nSPS) is 10.0. The number of benzene rings is 1. The molecular formula is C11H14O4. The van der Waals surface area contributed by atoms with E-state index in [4.69, 9.17) is 5.11 Å². The van der Waals surface area contributed by atoms with Gasteiger partial charge in [-0.1, -0.05) is 19.4 Å². The summed E-state index contributed by atoms with van der Waals surface area (Å²) >= 11 is 0. The lowest BCUT2D eigenvalue weighted by molar-refractivity contribution is 0.143. The standard InChI is InChI=1S/C11H14O4/c1-3-4-8-7(2)5-6-9(10(8)12)15-11(13)14/h5-6,12H,3-4H2,1-2H3,(H,13,14). The number of phenols is 1. The Kier molecular flexibility index (Phi) is 3.55. The highest BCUT2D eigenvalue weighted by atomic mass is 16.7. The van der Waals surface area contributed by atoms with Gasteiger partial charge in [0, 0.05) is 5.56 Å². The predicted octanol–water partition coefficient (Wildman–Crippen LogP) is 2.71. The minimum absolute atomic E-state index is 0.00319. The summed E-state index contributed by atoms with van der Waals surface area (Å²) in [6.07, 6.45) is 0.163. The van der Waals surface area contributed by atoms with E-state index >= 15 is 0 Å². The van der Waals surface area contributed by atoms with E-state index in [0.29, 0.717) is 6.42 Å². The van der Waals surface area contributed by atoms with Gasteiger partial charge in [0.1, 0.15) is 0 Å². The number of carbonyl (C=O) groups is 1. The summed E-state index contributed by atoms with van der Waals surface area (Å²) in [4.78, 5) is 10.3. The molecule has 1 rings (SSSR count). The van der Waals surface area contributed by atoms with E-state index in [1.54, 1.807) is 6.07 Å². The Morgan fingerprint density at radius 1 is 1.47 bits per heavy atom. The quantitative estimate of drug-likeness (QED) is 0.594. The van der Waals surface area contributed by atoms with Crippen LogP contribution in [0.1, 0.15) is 24.5 Å². The van der Waals surface area contributed by atoms with Crippen LogP contribution in [0.25, 0.3) is 0 Å². The second-order valence-corrected chi connectivity index (χ2v) is 3.33. The van der Waals surface area contributed by atoms with Gasteiger partial charge in [0.05, 0.1) is 0 Å². The largest absolute Gasteiger partial charge is 0.511 e. The van der Waals surface area contributed by atoms with Crippen LogP contribution in [0.5, 0.6) is 11.5 Å². The average Bonchev–Trinajstić information content (AvgIpc) is 2.16. The topological polar surface area (TPSA) is 66.8 Å². The molecule has 82 valence electrons. The predicted molar refractivity (Wildman–Crippen MR) is 55.5 cm³/mol. The molecule has 4 nitrogen and oxygen atoms in total. The SMILES string of the molecule is CCCc1c(C)ccc(OC(=O)O)c1O. The van der Waals surface area contributed by atoms with Crippen LogP contribution < -0.4 is 4.74 Å². The van der Waals surface area contributed by atoms with Crippen LogP contribution in [0.3, 0.4) is 0 Å². The first-order valence-electron chi connectivity index (χ1n) is 4.78. The zero-order valence-corrected chi connectivity index (χ0v) is 8.78. The lowest BCUT2D eigenvalue weighted by Crippen LogP contribution is -2.04. The molecule has 1 aromatic rings. The van der Waals surface area contributed by atoms with Gasteiger partial charge in [-0.15, -0.1) is 0 Å². The smallest absolute Gasteiger partial charge is 0.504 e. The number of rotatable bonds is 3. The molecule has 0 heterocycles. The van der Waals surface area contributed by atoms with Crippen LogP contribution in [-0.2, 0) is 6.42 Å². The number of ether oxygens (including phenoxy) is 1. The van der Waals surface area contributed by atoms with Crippen LogP contribution in [-0.4, -0.2) is 16.4 Å². The number of carboxylic acid groups (broad SMARTS) is 1. The highest BCUT2D eigenvalue weighted by Crippen LogP contribution is 2.33. The fourth-order valence-corrected chi connectivity index (χ4v) is 1.46. The molecule has 0 saturated carbocycles. The molecule has 1 aromatic carbocycles. The van der Waals surface area contributed by atoms with Gasteiger partial charge < -0.3 is 14.9 Å². The number of aromatic hydroxyl groups is 1. The van der Waals surface area contributed by atoms with Gasteiger partial charge >= 0.3 is 6.16 Å². The summed E-state index contributed by atoms with van der Waals surface area (Å²) in [5.41, 5.74) is 1.68. The van der Waals surface area contributed by atoms with Gasteiger partial charge in [0.15, 0.2) is 11.5 Å². The number of phenolic OH excluding ortho intramolecular Hbond substituents is 1. The fraction of sp³-hybridized carbons (Fsp3) is 0.364. The van der Waals surface area contributed by atoms with Gasteiger partial charge in [0.2, 0.25) is 0 Å². The fourth-order valence-electron chi connectivity index (χ4n) is 1.46. The summed E-state index contributed by atoms with van der Waals surface area (Å²) in [5, 5.41) is 18.2. The zero-order chi connectivity index (χ0) is 11.4. The van der Waals surface area contributed by atoms with Gasteiger partial charge in [-0.2, -0.15) is 0 Å². The lowest BCUT2D eigenvalue weighted by atomic mass is 10.0. The Morgan fingerprint density at radius 2 is 2.13 bits per heavy atom. The Labute approximate surface area is 88.1 Å². The second-order valence-electron chi connectivity index (χ2n) is 3.33. The lowest BCUT2D eigenvalue weighted by Gasteiger charge is -2.10. The van der Waals surface area contributed by atoms with Crippen molar-refractivity contribution in [3.63, 3.8) is 0 Å². The first-order chi connectivity index (χ1) is 7.06. The Bertz CT molecular complexity index is 371. The van der Waals surface area contributed by atoms with E-state index in [1.165, 1.54) is 6.07 Å². The van der Waals surface area contributed by atoms with Gasteiger partial charge in [-0.3, -0.25) is 0 Å². The molecule has 0 amide bonds. The van der Waals surface area contributed by atoms with Crippen LogP contribution in [0.15, 0.2) is 12.1 Å². The first-order valence-corrected chi connectivity index (χ1v) is 4.78. The molecule has 0 atom stereocenters. The van der Waals surface area contributed by atoms with Crippen LogP contribution >= 0.6 is 0 Å². The minimum atomic E-state index is -1.42. The Balaban J connectivity index is 3.09. The third-order valence-electron chi connectivity index (χ3n) is 2.18. The molecule has 0 radical (unpaired) electrons. The van der Waals surface area contributed by atoms with E-state index in [2.05, 4.69) is 4.74 Å². The van der Waals surface area contributed by atoms with Crippen molar-refractivity contribution in [2.24, 2.45) is 0 Å². The van der Waals surface area contributed by atoms with E-state index in [9.17, 15) is 9.90 Å². The molecule has 0 aliphatic heterocycles. The van der Waals surface area contributed by atoms with Crippen LogP contribution in [0.4, 0.5) is 4.79 Å². The van der Waals surface area contributed by atoms with Crippen molar-refractivity contribution in [3.8, 4) is 11.5 Å². The molecule has 2 N–H and O–H groups in total. The summed E-state index contributed by atoms with van der Waals surface area (Å²) in [5.74, 6) is -0.0733. The summed E-state index contributed by atoms with van der Waals surface area (Å²) in [7, 11) is 0. The van der Waals surface area contributed by atoms with E-state index in [-0.39, 0.29) is 11.5 Å². The molecule has 0 spiro atoms. The minimum Gasteiger partial charge on any atom is -0.504 e. The maximum atomic E-state index is 10.3. The molecule has 0 unspecified atom stereocenters. The van der Waals surface area contributed by atoms with Gasteiger partial charge in [-0.25, -0.2) is 4.79 Å². The maximum absolute atomic E-state index is 10.3. The third-order valence-corrected chi connectivity index (χ3v) is 2.18. The first kappa shape index (κ1) is 11.4. The Hall–Kier alpha value is -1.71. The molecule has 0 aromatic heterocycles. The van der Waals surface area contributed by atoms with Crippen LogP contribution in [0.2, 0.25) is 0 Å². The number of hydrogen-bond acceptors (Lipinski definition) is 3. The van der Waals surface area contributed by atoms with E-state index < -0.39 is 6.16 Å². The average molecular weight is 210 g/mol. The molecule has 15 heavy (non-hydrogen) atoms. The van der Waals surface area contributed by atoms with Gasteiger partial charge in [0.25, 0.3) is 0 Å². The van der Waals surface area contributed by atoms with Crippen molar-refractivity contribution >= 4 is 6.16 Å². The third kappa shape index (κ3) is 2.62. The van der Waals surface area contributed by atoms with E-state index in [0.717, 1.165) is 17.5 Å². The molecule has 0 saturated heterocycles. The molecule has 0 bridgehead atoms. The van der Waals surface area contributed by atoms with Crippen molar-refractivity contribution in [2.75, 3.05) is 0 Å². The maximum Gasteiger partial charge on any atom is 0.511 e. The highest BCUT2D eigenvalue weighted by molar-refractivity contribution is 5.64. The molecule has 0 aliphatic rings. The van der Waals surface area contributed by atoms with Gasteiger partial charge in [-0.05, 0) is 25.0 Å². The Morgan fingerprint density at radius 3 is 2.67 bits per heavy atom. The monoisotopic (exact) mass is 210 g/mol. The van der Waals surface area contributed by atoms with Crippen molar-refractivity contribution in [3.05, 3.63) is 23.3 Å². The van der Waals surface area contributed by atoms with Crippen LogP contribution in [0, 0.1) is 6.92 Å². The van der Waals surface area contributed by atoms with Crippen molar-refractivity contribution in [1.29, 1.82) is 0 Å². The second kappa shape index (κ2) is 4.68. The molecule has 0 aliphatic carbocycles. The van der Waals surface area contributed by atoms with Crippen molar-refractivity contribution < 1.29 is 19.7 Å². The summed E-state index contributed by atoms with van der Waals surface area (Å²) in [6.45, 7) is 3.86. The summed E-state index contributed by atoms with van der Waals surface area (Å²) in [6, 6.07) is 3.20. The summed E-state index contributed by atoms with van der Waals surface area (Å²) < 4.78 is 4.45. The zero-order valence-electron chi connectivity index (χ0n) is 8.78.